The summed E-state index contributed by atoms with van der Waals surface area (Å²) < 4.78 is 5.58. The smallest absolute Gasteiger partial charge is 0.137 e. The Bertz CT molecular complexity index is 289. The Morgan fingerprint density at radius 1 is 1.21 bits per heavy atom. The lowest BCUT2D eigenvalue weighted by Crippen LogP contribution is -2.11. The van der Waals surface area contributed by atoms with E-state index in [0.29, 0.717) is 17.0 Å². The van der Waals surface area contributed by atoms with Crippen molar-refractivity contribution in [2.45, 2.75) is 27.2 Å². The average molecular weight is 213 g/mol. The summed E-state index contributed by atoms with van der Waals surface area (Å²) in [4.78, 5) is 0. The minimum Gasteiger partial charge on any atom is -0.492 e. The Balaban J connectivity index is 2.43. The summed E-state index contributed by atoms with van der Waals surface area (Å²) in [5, 5.41) is 0.682. The van der Waals surface area contributed by atoms with Gasteiger partial charge in [-0.15, -0.1) is 0 Å². The number of para-hydroxylation sites is 1. The van der Waals surface area contributed by atoms with Gasteiger partial charge in [-0.05, 0) is 24.0 Å². The molecule has 0 spiro atoms. The van der Waals surface area contributed by atoms with E-state index in [9.17, 15) is 0 Å². The summed E-state index contributed by atoms with van der Waals surface area (Å²) in [6.45, 7) is 7.31. The van der Waals surface area contributed by atoms with E-state index in [1.165, 1.54) is 0 Å². The molecule has 1 aromatic rings. The molecule has 1 nitrogen and oxygen atoms in total. The van der Waals surface area contributed by atoms with Gasteiger partial charge in [-0.25, -0.2) is 0 Å². The largest absolute Gasteiger partial charge is 0.492 e. The number of hydrogen-bond donors (Lipinski definition) is 0. The zero-order chi connectivity index (χ0) is 10.6. The summed E-state index contributed by atoms with van der Waals surface area (Å²) in [7, 11) is 0. The van der Waals surface area contributed by atoms with Gasteiger partial charge in [0.1, 0.15) is 5.75 Å². The molecule has 1 rings (SSSR count). The molecule has 0 aliphatic heterocycles. The topological polar surface area (TPSA) is 9.23 Å². The van der Waals surface area contributed by atoms with Crippen molar-refractivity contribution in [1.82, 2.24) is 0 Å². The first kappa shape index (κ1) is 11.4. The Labute approximate surface area is 91.0 Å². The minimum absolute atomic E-state index is 0.307. The Morgan fingerprint density at radius 3 is 2.43 bits per heavy atom. The van der Waals surface area contributed by atoms with Gasteiger partial charge in [0.25, 0.3) is 0 Å². The number of benzene rings is 1. The molecule has 14 heavy (non-hydrogen) atoms. The summed E-state index contributed by atoms with van der Waals surface area (Å²) >= 11 is 5.95. The summed E-state index contributed by atoms with van der Waals surface area (Å²) in [6.07, 6.45) is 1.03. The summed E-state index contributed by atoms with van der Waals surface area (Å²) in [5.41, 5.74) is 0.307. The van der Waals surface area contributed by atoms with Crippen molar-refractivity contribution in [2.24, 2.45) is 5.41 Å². The Hall–Kier alpha value is -0.690. The van der Waals surface area contributed by atoms with Crippen LogP contribution in [0.3, 0.4) is 0 Å². The van der Waals surface area contributed by atoms with Gasteiger partial charge in [-0.3, -0.25) is 0 Å². The van der Waals surface area contributed by atoms with Crippen LogP contribution in [0.25, 0.3) is 0 Å². The second-order valence-electron chi connectivity index (χ2n) is 4.59. The molecular formula is C12H17ClO. The molecule has 0 heterocycles. The molecule has 0 N–H and O–H groups in total. The second kappa shape index (κ2) is 4.70. The zero-order valence-corrected chi connectivity index (χ0v) is 9.77. The van der Waals surface area contributed by atoms with Crippen LogP contribution in [-0.4, -0.2) is 6.61 Å². The molecule has 0 aliphatic rings. The fourth-order valence-electron chi connectivity index (χ4n) is 1.03. The van der Waals surface area contributed by atoms with Crippen molar-refractivity contribution in [3.8, 4) is 5.75 Å². The minimum atomic E-state index is 0.307. The van der Waals surface area contributed by atoms with Gasteiger partial charge in [0, 0.05) is 0 Å². The van der Waals surface area contributed by atoms with Crippen LogP contribution in [0.1, 0.15) is 27.2 Å². The van der Waals surface area contributed by atoms with Crippen LogP contribution in [0.2, 0.25) is 5.02 Å². The van der Waals surface area contributed by atoms with E-state index < -0.39 is 0 Å². The van der Waals surface area contributed by atoms with E-state index in [1.807, 2.05) is 24.3 Å². The first-order valence-electron chi connectivity index (χ1n) is 4.86. The molecule has 0 radical (unpaired) electrons. The van der Waals surface area contributed by atoms with Crippen LogP contribution in [-0.2, 0) is 0 Å². The molecule has 0 fully saturated rings. The fraction of sp³-hybridized carbons (Fsp3) is 0.500. The van der Waals surface area contributed by atoms with Gasteiger partial charge in [-0.1, -0.05) is 44.5 Å². The van der Waals surface area contributed by atoms with Gasteiger partial charge in [0.15, 0.2) is 0 Å². The van der Waals surface area contributed by atoms with E-state index >= 15 is 0 Å². The van der Waals surface area contributed by atoms with Crippen LogP contribution in [0, 0.1) is 5.41 Å². The molecule has 1 aromatic carbocycles. The zero-order valence-electron chi connectivity index (χ0n) is 9.01. The maximum Gasteiger partial charge on any atom is 0.137 e. The van der Waals surface area contributed by atoms with Crippen molar-refractivity contribution in [1.29, 1.82) is 0 Å². The van der Waals surface area contributed by atoms with Crippen molar-refractivity contribution in [2.75, 3.05) is 6.61 Å². The van der Waals surface area contributed by atoms with E-state index in [4.69, 9.17) is 16.3 Å². The van der Waals surface area contributed by atoms with Gasteiger partial charge in [0.05, 0.1) is 11.6 Å². The van der Waals surface area contributed by atoms with E-state index in [2.05, 4.69) is 20.8 Å². The third kappa shape index (κ3) is 4.01. The molecule has 0 saturated carbocycles. The van der Waals surface area contributed by atoms with E-state index in [1.54, 1.807) is 0 Å². The predicted molar refractivity (Wildman–Crippen MR) is 61.0 cm³/mol. The molecule has 2 heteroatoms. The van der Waals surface area contributed by atoms with Gasteiger partial charge in [0.2, 0.25) is 0 Å². The second-order valence-corrected chi connectivity index (χ2v) is 5.00. The first-order valence-corrected chi connectivity index (χ1v) is 5.24. The maximum absolute atomic E-state index is 5.95. The monoisotopic (exact) mass is 212 g/mol. The molecule has 0 amide bonds. The average Bonchev–Trinajstić information content (AvgIpc) is 2.06. The fourth-order valence-corrected chi connectivity index (χ4v) is 1.22. The highest BCUT2D eigenvalue weighted by atomic mass is 35.5. The molecular weight excluding hydrogens is 196 g/mol. The standard InChI is InChI=1S/C12H17ClO/c1-12(2,3)8-9-14-11-7-5-4-6-10(11)13/h4-7H,8-9H2,1-3H3. The van der Waals surface area contributed by atoms with Crippen LogP contribution in [0.5, 0.6) is 5.75 Å². The van der Waals surface area contributed by atoms with Crippen LogP contribution in [0.4, 0.5) is 0 Å². The van der Waals surface area contributed by atoms with Crippen molar-refractivity contribution < 1.29 is 4.74 Å². The highest BCUT2D eigenvalue weighted by Crippen LogP contribution is 2.25. The highest BCUT2D eigenvalue weighted by Gasteiger charge is 2.10. The predicted octanol–water partition coefficient (Wildman–Crippen LogP) is 4.16. The molecule has 0 unspecified atom stereocenters. The third-order valence-corrected chi connectivity index (χ3v) is 2.26. The van der Waals surface area contributed by atoms with Crippen molar-refractivity contribution >= 4 is 11.6 Å². The molecule has 78 valence electrons. The summed E-state index contributed by atoms with van der Waals surface area (Å²) in [5.74, 6) is 0.776. The third-order valence-electron chi connectivity index (χ3n) is 1.95. The van der Waals surface area contributed by atoms with Gasteiger partial charge >= 0.3 is 0 Å². The first-order chi connectivity index (χ1) is 6.49. The van der Waals surface area contributed by atoms with Crippen molar-refractivity contribution in [3.63, 3.8) is 0 Å². The lowest BCUT2D eigenvalue weighted by molar-refractivity contribution is 0.243. The van der Waals surface area contributed by atoms with E-state index in [0.717, 1.165) is 12.2 Å². The number of halogens is 1. The van der Waals surface area contributed by atoms with Gasteiger partial charge in [-0.2, -0.15) is 0 Å². The maximum atomic E-state index is 5.95. The molecule has 0 aromatic heterocycles. The molecule has 0 saturated heterocycles. The number of rotatable bonds is 3. The SMILES string of the molecule is CC(C)(C)CCOc1ccccc1Cl. The van der Waals surface area contributed by atoms with Crippen LogP contribution in [0.15, 0.2) is 24.3 Å². The van der Waals surface area contributed by atoms with Crippen LogP contribution >= 0.6 is 11.6 Å². The molecule has 0 atom stereocenters. The normalized spacial score (nSPS) is 11.4. The lowest BCUT2D eigenvalue weighted by atomic mass is 9.93. The molecule has 0 bridgehead atoms. The summed E-state index contributed by atoms with van der Waals surface area (Å²) in [6, 6.07) is 7.57. The molecule has 0 aliphatic carbocycles. The number of ether oxygens (including phenoxy) is 1. The lowest BCUT2D eigenvalue weighted by Gasteiger charge is -2.18. The van der Waals surface area contributed by atoms with E-state index in [-0.39, 0.29) is 0 Å². The van der Waals surface area contributed by atoms with Crippen LogP contribution < -0.4 is 4.74 Å². The van der Waals surface area contributed by atoms with Gasteiger partial charge < -0.3 is 4.74 Å². The number of hydrogen-bond acceptors (Lipinski definition) is 1. The Kier molecular flexibility index (Phi) is 3.82. The van der Waals surface area contributed by atoms with Crippen molar-refractivity contribution in [3.05, 3.63) is 29.3 Å². The Morgan fingerprint density at radius 2 is 1.86 bits per heavy atom. The quantitative estimate of drug-likeness (QED) is 0.731. The highest BCUT2D eigenvalue weighted by molar-refractivity contribution is 6.32.